The normalized spacial score (nSPS) is 24.8. The third kappa shape index (κ3) is 2.60. The highest BCUT2D eigenvalue weighted by atomic mass is 35.5. The third-order valence-electron chi connectivity index (χ3n) is 5.83. The average Bonchev–Trinajstić information content (AvgIpc) is 2.92. The second-order valence-electron chi connectivity index (χ2n) is 7.75. The van der Waals surface area contributed by atoms with Crippen molar-refractivity contribution >= 4 is 35.2 Å². The number of aromatic nitrogens is 2. The van der Waals surface area contributed by atoms with Gasteiger partial charge in [-0.2, -0.15) is 0 Å². The molecule has 2 amide bonds. The number of hydrogen-bond acceptors (Lipinski definition) is 4. The standard InChI is InChI=1S/C18H17Cl2N5O2/c19-9-1-11(20)14(13(26)2-9)15-10-6-25(7-12(10)22-16(21)23-15)17(27)24-18-3-8(4-18)5-18/h1-2,8,26H,3-7H2,(H,24,27)(H2,21,22,23)/p+1. The van der Waals surface area contributed by atoms with Gasteiger partial charge in [0.1, 0.15) is 17.1 Å². The molecule has 0 atom stereocenters. The molecule has 1 aliphatic heterocycles. The number of phenolic OH excluding ortho intramolecular Hbond substituents is 1. The number of carbonyl (C=O) groups is 1. The number of halogens is 2. The van der Waals surface area contributed by atoms with E-state index in [0.29, 0.717) is 40.1 Å². The Morgan fingerprint density at radius 2 is 2.07 bits per heavy atom. The number of aromatic amines is 1. The van der Waals surface area contributed by atoms with Gasteiger partial charge in [-0.3, -0.25) is 5.73 Å². The number of amides is 2. The van der Waals surface area contributed by atoms with Crippen molar-refractivity contribution in [2.75, 3.05) is 5.73 Å². The first-order valence-corrected chi connectivity index (χ1v) is 9.55. The van der Waals surface area contributed by atoms with Gasteiger partial charge >= 0.3 is 12.0 Å². The number of urea groups is 1. The van der Waals surface area contributed by atoms with E-state index >= 15 is 0 Å². The first-order chi connectivity index (χ1) is 12.8. The highest BCUT2D eigenvalue weighted by molar-refractivity contribution is 6.36. The van der Waals surface area contributed by atoms with Crippen LogP contribution in [0, 0.1) is 5.92 Å². The summed E-state index contributed by atoms with van der Waals surface area (Å²) in [5, 5.41) is 14.2. The highest BCUT2D eigenvalue weighted by Gasteiger charge is 2.57. The number of phenols is 1. The SMILES string of the molecule is Nc1nc2c(c(-c3c(O)cc(Cl)cc3Cl)[nH+]1)CN(C(=O)NC13CC(C1)C3)C2. The van der Waals surface area contributed by atoms with Crippen LogP contribution in [0.2, 0.25) is 10.0 Å². The number of nitrogen functional groups attached to an aromatic ring is 1. The number of anilines is 1. The van der Waals surface area contributed by atoms with Gasteiger partial charge in [0.25, 0.3) is 0 Å². The Morgan fingerprint density at radius 1 is 1.33 bits per heavy atom. The zero-order chi connectivity index (χ0) is 18.9. The monoisotopic (exact) mass is 406 g/mol. The van der Waals surface area contributed by atoms with Crippen molar-refractivity contribution in [3.63, 3.8) is 0 Å². The zero-order valence-corrected chi connectivity index (χ0v) is 15.9. The number of H-pyrrole nitrogens is 1. The van der Waals surface area contributed by atoms with E-state index in [0.717, 1.165) is 30.7 Å². The fourth-order valence-electron chi connectivity index (χ4n) is 4.42. The Bertz CT molecular complexity index is 956. The number of benzene rings is 1. The van der Waals surface area contributed by atoms with Crippen LogP contribution in [0.1, 0.15) is 30.5 Å². The summed E-state index contributed by atoms with van der Waals surface area (Å²) >= 11 is 12.3. The van der Waals surface area contributed by atoms with E-state index in [-0.39, 0.29) is 23.3 Å². The van der Waals surface area contributed by atoms with Crippen LogP contribution in [-0.2, 0) is 13.1 Å². The van der Waals surface area contributed by atoms with Crippen LogP contribution in [0.4, 0.5) is 10.7 Å². The van der Waals surface area contributed by atoms with Gasteiger partial charge < -0.3 is 15.3 Å². The summed E-state index contributed by atoms with van der Waals surface area (Å²) in [6.07, 6.45) is 3.24. The molecule has 2 heterocycles. The predicted molar refractivity (Wildman–Crippen MR) is 100 cm³/mol. The maximum atomic E-state index is 12.7. The fourth-order valence-corrected chi connectivity index (χ4v) is 5.00. The lowest BCUT2D eigenvalue weighted by Crippen LogP contribution is -2.69. The molecule has 27 heavy (non-hydrogen) atoms. The Morgan fingerprint density at radius 3 is 2.70 bits per heavy atom. The Kier molecular flexibility index (Phi) is 3.52. The van der Waals surface area contributed by atoms with Crippen molar-refractivity contribution in [3.05, 3.63) is 33.4 Å². The predicted octanol–water partition coefficient (Wildman–Crippen LogP) is 2.74. The number of fused-ring (bicyclic) bond motifs is 1. The minimum atomic E-state index is -0.0953. The van der Waals surface area contributed by atoms with Crippen molar-refractivity contribution in [2.45, 2.75) is 37.9 Å². The average molecular weight is 407 g/mol. The van der Waals surface area contributed by atoms with Crippen LogP contribution in [0.5, 0.6) is 5.75 Å². The maximum absolute atomic E-state index is 12.7. The molecular weight excluding hydrogens is 389 g/mol. The van der Waals surface area contributed by atoms with Gasteiger partial charge in [0.05, 0.1) is 29.2 Å². The van der Waals surface area contributed by atoms with Crippen LogP contribution >= 0.6 is 23.2 Å². The Hall–Kier alpha value is -2.25. The summed E-state index contributed by atoms with van der Waals surface area (Å²) in [5.74, 6) is 0.919. The van der Waals surface area contributed by atoms with Crippen LogP contribution in [0.3, 0.4) is 0 Å². The molecule has 9 heteroatoms. The molecule has 0 radical (unpaired) electrons. The molecule has 4 aliphatic rings. The summed E-state index contributed by atoms with van der Waals surface area (Å²) < 4.78 is 0. The first kappa shape index (κ1) is 16.9. The zero-order valence-electron chi connectivity index (χ0n) is 14.4. The molecule has 1 aromatic heterocycles. The summed E-state index contributed by atoms with van der Waals surface area (Å²) in [5.41, 5.74) is 8.36. The topological polar surface area (TPSA) is 106 Å². The van der Waals surface area contributed by atoms with E-state index in [1.165, 1.54) is 6.07 Å². The molecule has 6 rings (SSSR count). The van der Waals surface area contributed by atoms with E-state index in [1.807, 2.05) is 0 Å². The molecular formula is C18H18Cl2N5O2+. The molecule has 7 nitrogen and oxygen atoms in total. The largest absolute Gasteiger partial charge is 0.507 e. The van der Waals surface area contributed by atoms with Gasteiger partial charge in [0.15, 0.2) is 0 Å². The summed E-state index contributed by atoms with van der Waals surface area (Å²) in [6, 6.07) is 2.88. The van der Waals surface area contributed by atoms with Crippen LogP contribution in [0.15, 0.2) is 12.1 Å². The van der Waals surface area contributed by atoms with E-state index in [9.17, 15) is 9.90 Å². The molecule has 0 spiro atoms. The molecule has 0 unspecified atom stereocenters. The number of rotatable bonds is 2. The number of nitrogens with two attached hydrogens (primary N) is 1. The number of nitrogens with zero attached hydrogens (tertiary/aromatic N) is 2. The summed E-state index contributed by atoms with van der Waals surface area (Å²) in [7, 11) is 0. The molecule has 1 aromatic carbocycles. The molecule has 2 bridgehead atoms. The van der Waals surface area contributed by atoms with Gasteiger partial charge in [-0.05, 0) is 37.3 Å². The third-order valence-corrected chi connectivity index (χ3v) is 6.35. The molecule has 3 aliphatic carbocycles. The lowest BCUT2D eigenvalue weighted by molar-refractivity contribution is -0.351. The van der Waals surface area contributed by atoms with Crippen molar-refractivity contribution in [3.8, 4) is 17.0 Å². The Balaban J connectivity index is 1.48. The van der Waals surface area contributed by atoms with Crippen LogP contribution < -0.4 is 16.0 Å². The van der Waals surface area contributed by atoms with Crippen LogP contribution in [-0.4, -0.2) is 26.6 Å². The smallest absolute Gasteiger partial charge is 0.387 e. The molecule has 0 saturated heterocycles. The van der Waals surface area contributed by atoms with Crippen LogP contribution in [0.25, 0.3) is 11.3 Å². The van der Waals surface area contributed by atoms with Crippen molar-refractivity contribution in [2.24, 2.45) is 5.92 Å². The number of hydrogen-bond donors (Lipinski definition) is 3. The molecule has 140 valence electrons. The van der Waals surface area contributed by atoms with Crippen molar-refractivity contribution in [1.82, 2.24) is 15.2 Å². The molecule has 3 saturated carbocycles. The molecule has 2 aromatic rings. The van der Waals surface area contributed by atoms with Gasteiger partial charge in [0, 0.05) is 10.6 Å². The van der Waals surface area contributed by atoms with Gasteiger partial charge in [-0.1, -0.05) is 28.2 Å². The number of nitrogens with one attached hydrogen (secondary N) is 2. The van der Waals surface area contributed by atoms with E-state index in [4.69, 9.17) is 28.9 Å². The minimum Gasteiger partial charge on any atom is -0.507 e. The van der Waals surface area contributed by atoms with E-state index < -0.39 is 0 Å². The highest BCUT2D eigenvalue weighted by Crippen LogP contribution is 2.57. The number of carbonyl (C=O) groups excluding carboxylic acids is 1. The van der Waals surface area contributed by atoms with Gasteiger partial charge in [-0.25, -0.2) is 9.78 Å². The molecule has 5 N–H and O–H groups in total. The lowest BCUT2D eigenvalue weighted by atomic mass is 9.50. The lowest BCUT2D eigenvalue weighted by Gasteiger charge is -2.61. The van der Waals surface area contributed by atoms with Crippen molar-refractivity contribution < 1.29 is 14.9 Å². The maximum Gasteiger partial charge on any atom is 0.387 e. The second-order valence-corrected chi connectivity index (χ2v) is 8.59. The van der Waals surface area contributed by atoms with Crippen molar-refractivity contribution in [1.29, 1.82) is 0 Å². The summed E-state index contributed by atoms with van der Waals surface area (Å²) in [4.78, 5) is 21.7. The number of aromatic hydroxyl groups is 1. The van der Waals surface area contributed by atoms with E-state index in [2.05, 4.69) is 15.3 Å². The van der Waals surface area contributed by atoms with Gasteiger partial charge in [0.2, 0.25) is 0 Å². The fraction of sp³-hybridized carbons (Fsp3) is 0.389. The Labute approximate surface area is 165 Å². The summed E-state index contributed by atoms with van der Waals surface area (Å²) in [6.45, 7) is 0.719. The van der Waals surface area contributed by atoms with Gasteiger partial charge in [-0.15, -0.1) is 0 Å². The molecule has 3 fully saturated rings. The minimum absolute atomic E-state index is 0.00961. The van der Waals surface area contributed by atoms with E-state index in [1.54, 1.807) is 11.0 Å². The quantitative estimate of drug-likeness (QED) is 0.712. The first-order valence-electron chi connectivity index (χ1n) is 8.79. The second kappa shape index (κ2) is 5.62.